The normalized spacial score (nSPS) is 12.6. The number of thiophene rings is 1. The topological polar surface area (TPSA) is 90.9 Å². The summed E-state index contributed by atoms with van der Waals surface area (Å²) in [6, 6.07) is 16.1. The van der Waals surface area contributed by atoms with Gasteiger partial charge < -0.3 is 25.4 Å². The van der Waals surface area contributed by atoms with Gasteiger partial charge in [0.15, 0.2) is 0 Å². The summed E-state index contributed by atoms with van der Waals surface area (Å²) in [7, 11) is 1.62. The lowest BCUT2D eigenvalue weighted by Gasteiger charge is -2.25. The Bertz CT molecular complexity index is 1260. The maximum atomic E-state index is 13.5. The molecule has 0 saturated heterocycles. The van der Waals surface area contributed by atoms with Crippen LogP contribution in [0.25, 0.3) is 0 Å². The molecule has 0 aliphatic rings. The summed E-state index contributed by atoms with van der Waals surface area (Å²) in [6.07, 6.45) is 1.28. The zero-order chi connectivity index (χ0) is 29.1. The average molecular weight is 586 g/mol. The van der Waals surface area contributed by atoms with E-state index in [1.165, 1.54) is 11.3 Å². The average Bonchev–Trinajstić information content (AvgIpc) is 3.36. The summed E-state index contributed by atoms with van der Waals surface area (Å²) < 4.78 is 5.93. The van der Waals surface area contributed by atoms with Gasteiger partial charge in [-0.15, -0.1) is 11.3 Å². The molecule has 0 unspecified atom stereocenters. The summed E-state index contributed by atoms with van der Waals surface area (Å²) in [5.74, 6) is 0.353. The fourth-order valence-corrected chi connectivity index (χ4v) is 5.72. The van der Waals surface area contributed by atoms with E-state index in [1.54, 1.807) is 19.2 Å². The fraction of sp³-hybridized carbons (Fsp3) is 0.419. The van der Waals surface area contributed by atoms with Crippen LogP contribution in [0.3, 0.4) is 0 Å². The Hall–Kier alpha value is -2.91. The second-order valence-electron chi connectivity index (χ2n) is 9.92. The molecule has 0 bridgehead atoms. The molecule has 7 nitrogen and oxygen atoms in total. The van der Waals surface area contributed by atoms with Crippen molar-refractivity contribution in [3.8, 4) is 5.75 Å². The molecule has 0 radical (unpaired) electrons. The zero-order valence-corrected chi connectivity index (χ0v) is 25.3. The van der Waals surface area contributed by atoms with E-state index in [-0.39, 0.29) is 18.4 Å². The number of aliphatic hydroxyl groups is 1. The number of nitrogens with zero attached hydrogens (tertiary/aromatic N) is 1. The molecule has 2 amide bonds. The molecule has 0 aliphatic carbocycles. The Morgan fingerprint density at radius 1 is 1.05 bits per heavy atom. The first-order valence-corrected chi connectivity index (χ1v) is 14.9. The van der Waals surface area contributed by atoms with Crippen molar-refractivity contribution in [1.29, 1.82) is 0 Å². The molecule has 0 aliphatic heterocycles. The second kappa shape index (κ2) is 15.8. The van der Waals surface area contributed by atoms with Gasteiger partial charge in [0.2, 0.25) is 0 Å². The molecule has 9 heteroatoms. The number of hydrogen-bond donors (Lipinski definition) is 3. The first kappa shape index (κ1) is 31.6. The van der Waals surface area contributed by atoms with Crippen LogP contribution in [-0.4, -0.2) is 60.7 Å². The molecule has 1 heterocycles. The molecule has 3 aromatic rings. The monoisotopic (exact) mass is 585 g/mol. The standard InChI is InChI=1S/C31H40ClN3O4S/c1-5-12-35(13-6-2)31(38)24-15-21(3)14-23(17-24)30(37)34-27(18-26-10-11-29(32)40-26)28(36)20-33-19-22-8-7-9-25(16-22)39-4/h7-11,14-17,27-28,33,36H,5-6,12-13,18-20H2,1-4H3,(H,34,37)/t27-,28+/m0/s1. The minimum atomic E-state index is -0.869. The van der Waals surface area contributed by atoms with E-state index < -0.39 is 12.1 Å². The molecular formula is C31H40ClN3O4S. The van der Waals surface area contributed by atoms with Crippen molar-refractivity contribution >= 4 is 34.8 Å². The van der Waals surface area contributed by atoms with Crippen LogP contribution in [-0.2, 0) is 13.0 Å². The van der Waals surface area contributed by atoms with Crippen LogP contribution in [0.1, 0.15) is 63.4 Å². The third-order valence-corrected chi connectivity index (χ3v) is 7.76. The minimum Gasteiger partial charge on any atom is -0.497 e. The van der Waals surface area contributed by atoms with E-state index in [0.29, 0.717) is 41.5 Å². The van der Waals surface area contributed by atoms with E-state index in [4.69, 9.17) is 16.3 Å². The number of methoxy groups -OCH3 is 1. The highest BCUT2D eigenvalue weighted by atomic mass is 35.5. The zero-order valence-electron chi connectivity index (χ0n) is 23.7. The van der Waals surface area contributed by atoms with E-state index >= 15 is 0 Å². The maximum absolute atomic E-state index is 13.5. The van der Waals surface area contributed by atoms with E-state index in [9.17, 15) is 14.7 Å². The summed E-state index contributed by atoms with van der Waals surface area (Å²) in [4.78, 5) is 29.5. The smallest absolute Gasteiger partial charge is 0.253 e. The van der Waals surface area contributed by atoms with Crippen LogP contribution in [0.15, 0.2) is 54.6 Å². The summed E-state index contributed by atoms with van der Waals surface area (Å²) in [5.41, 5.74) is 2.73. The van der Waals surface area contributed by atoms with Crippen LogP contribution in [0.4, 0.5) is 0 Å². The van der Waals surface area contributed by atoms with Gasteiger partial charge in [-0.3, -0.25) is 9.59 Å². The highest BCUT2D eigenvalue weighted by Crippen LogP contribution is 2.23. The molecule has 0 spiro atoms. The number of benzene rings is 2. The van der Waals surface area contributed by atoms with Crippen molar-refractivity contribution in [3.05, 3.63) is 86.1 Å². The van der Waals surface area contributed by atoms with Gasteiger partial charge in [-0.05, 0) is 73.4 Å². The molecule has 0 saturated carbocycles. The summed E-state index contributed by atoms with van der Waals surface area (Å²) in [6.45, 7) is 8.10. The number of hydrogen-bond acceptors (Lipinski definition) is 6. The molecule has 2 atom stereocenters. The molecule has 40 heavy (non-hydrogen) atoms. The van der Waals surface area contributed by atoms with E-state index in [1.807, 2.05) is 68.1 Å². The van der Waals surface area contributed by atoms with Crippen molar-refractivity contribution < 1.29 is 19.4 Å². The summed E-state index contributed by atoms with van der Waals surface area (Å²) in [5, 5.41) is 17.4. The van der Waals surface area contributed by atoms with Crippen molar-refractivity contribution in [2.45, 2.75) is 58.7 Å². The first-order chi connectivity index (χ1) is 19.2. The van der Waals surface area contributed by atoms with Crippen LogP contribution in [0, 0.1) is 6.92 Å². The van der Waals surface area contributed by atoms with Crippen molar-refractivity contribution in [2.24, 2.45) is 0 Å². The molecular weight excluding hydrogens is 546 g/mol. The number of rotatable bonds is 15. The van der Waals surface area contributed by atoms with Gasteiger partial charge in [0, 0.05) is 48.6 Å². The number of aryl methyl sites for hydroxylation is 1. The van der Waals surface area contributed by atoms with Gasteiger partial charge >= 0.3 is 0 Å². The van der Waals surface area contributed by atoms with Crippen molar-refractivity contribution in [2.75, 3.05) is 26.7 Å². The SMILES string of the molecule is CCCN(CCC)C(=O)c1cc(C)cc(C(=O)N[C@@H](Cc2ccc(Cl)s2)[C@H](O)CNCc2cccc(OC)c2)c1. The van der Waals surface area contributed by atoms with Gasteiger partial charge in [0.25, 0.3) is 11.8 Å². The molecule has 0 fully saturated rings. The largest absolute Gasteiger partial charge is 0.497 e. The Balaban J connectivity index is 1.75. The number of aliphatic hydroxyl groups excluding tert-OH is 1. The second-order valence-corrected chi connectivity index (χ2v) is 11.7. The van der Waals surface area contributed by atoms with Gasteiger partial charge in [0.1, 0.15) is 5.75 Å². The maximum Gasteiger partial charge on any atom is 0.253 e. The number of carbonyl (C=O) groups is 2. The number of ether oxygens (including phenoxy) is 1. The highest BCUT2D eigenvalue weighted by Gasteiger charge is 2.24. The van der Waals surface area contributed by atoms with E-state index in [0.717, 1.165) is 34.6 Å². The quantitative estimate of drug-likeness (QED) is 0.220. The van der Waals surface area contributed by atoms with Gasteiger partial charge in [-0.2, -0.15) is 0 Å². The Morgan fingerprint density at radius 2 is 1.77 bits per heavy atom. The molecule has 3 N–H and O–H groups in total. The van der Waals surface area contributed by atoms with Gasteiger partial charge in [-0.25, -0.2) is 0 Å². The predicted molar refractivity (Wildman–Crippen MR) is 163 cm³/mol. The molecule has 3 rings (SSSR count). The third-order valence-electron chi connectivity index (χ3n) is 6.51. The minimum absolute atomic E-state index is 0.0759. The number of nitrogens with one attached hydrogen (secondary N) is 2. The van der Waals surface area contributed by atoms with E-state index in [2.05, 4.69) is 10.6 Å². The molecule has 1 aromatic heterocycles. The predicted octanol–water partition coefficient (Wildman–Crippen LogP) is 5.47. The van der Waals surface area contributed by atoms with Crippen molar-refractivity contribution in [1.82, 2.24) is 15.5 Å². The third kappa shape index (κ3) is 9.34. The Labute approximate surface area is 246 Å². The van der Waals surface area contributed by atoms with Crippen LogP contribution in [0.5, 0.6) is 5.75 Å². The number of halogens is 1. The number of amides is 2. The molecule has 216 valence electrons. The first-order valence-electron chi connectivity index (χ1n) is 13.7. The fourth-order valence-electron chi connectivity index (χ4n) is 4.58. The summed E-state index contributed by atoms with van der Waals surface area (Å²) >= 11 is 7.57. The Kier molecular flexibility index (Phi) is 12.5. The van der Waals surface area contributed by atoms with Crippen LogP contribution < -0.4 is 15.4 Å². The van der Waals surface area contributed by atoms with Crippen LogP contribution in [0.2, 0.25) is 4.34 Å². The lowest BCUT2D eigenvalue weighted by molar-refractivity contribution is 0.0755. The van der Waals surface area contributed by atoms with Gasteiger partial charge in [-0.1, -0.05) is 37.6 Å². The Morgan fingerprint density at radius 3 is 2.42 bits per heavy atom. The van der Waals surface area contributed by atoms with Crippen molar-refractivity contribution in [3.63, 3.8) is 0 Å². The lowest BCUT2D eigenvalue weighted by atomic mass is 10.0. The lowest BCUT2D eigenvalue weighted by Crippen LogP contribution is -2.48. The molecule has 2 aromatic carbocycles. The van der Waals surface area contributed by atoms with Gasteiger partial charge in [0.05, 0.1) is 23.6 Å². The number of carbonyl (C=O) groups excluding carboxylic acids is 2. The highest BCUT2D eigenvalue weighted by molar-refractivity contribution is 7.16. The van der Waals surface area contributed by atoms with Crippen LogP contribution >= 0.6 is 22.9 Å².